The Kier molecular flexibility index (Phi) is 5.02. The predicted molar refractivity (Wildman–Crippen MR) is 97.9 cm³/mol. The van der Waals surface area contributed by atoms with Crippen molar-refractivity contribution in [3.63, 3.8) is 0 Å². The van der Waals surface area contributed by atoms with Crippen molar-refractivity contribution in [2.75, 3.05) is 18.0 Å². The standard InChI is InChI=1S/C18H18FN7O3/c1-11-21-18(29-23-11)14-10-25(24-22-14)7-6-20-17(28)12-8-16(27)26(9-12)15-5-3-2-4-13(15)19/h2-5,10,12H,6-9H2,1H3,(H,20,28)/t12-/m1/s1. The molecule has 0 spiro atoms. The first-order valence-corrected chi connectivity index (χ1v) is 9.04. The van der Waals surface area contributed by atoms with Gasteiger partial charge in [0.2, 0.25) is 11.8 Å². The number of hydrogen-bond donors (Lipinski definition) is 1. The predicted octanol–water partition coefficient (Wildman–Crippen LogP) is 0.945. The molecule has 10 nitrogen and oxygen atoms in total. The highest BCUT2D eigenvalue weighted by molar-refractivity contribution is 6.00. The number of rotatable bonds is 6. The summed E-state index contributed by atoms with van der Waals surface area (Å²) >= 11 is 0. The first kappa shape index (κ1) is 18.7. The number of aromatic nitrogens is 5. The molecule has 1 aliphatic heterocycles. The van der Waals surface area contributed by atoms with Gasteiger partial charge in [-0.2, -0.15) is 4.98 Å². The first-order valence-electron chi connectivity index (χ1n) is 9.04. The quantitative estimate of drug-likeness (QED) is 0.655. The number of nitrogens with one attached hydrogen (secondary N) is 1. The minimum Gasteiger partial charge on any atom is -0.354 e. The molecule has 3 heterocycles. The lowest BCUT2D eigenvalue weighted by Gasteiger charge is -2.17. The molecule has 2 aromatic heterocycles. The van der Waals surface area contributed by atoms with E-state index in [1.54, 1.807) is 29.9 Å². The van der Waals surface area contributed by atoms with E-state index in [1.807, 2.05) is 0 Å². The van der Waals surface area contributed by atoms with E-state index in [1.165, 1.54) is 17.0 Å². The monoisotopic (exact) mass is 399 g/mol. The Labute approximate surface area is 164 Å². The average Bonchev–Trinajstić information content (AvgIpc) is 3.42. The lowest BCUT2D eigenvalue weighted by Crippen LogP contribution is -2.35. The molecular weight excluding hydrogens is 381 g/mol. The van der Waals surface area contributed by atoms with Crippen molar-refractivity contribution in [1.29, 1.82) is 0 Å². The summed E-state index contributed by atoms with van der Waals surface area (Å²) in [4.78, 5) is 30.0. The van der Waals surface area contributed by atoms with Gasteiger partial charge >= 0.3 is 0 Å². The molecule has 0 saturated carbocycles. The Balaban J connectivity index is 1.30. The summed E-state index contributed by atoms with van der Waals surface area (Å²) in [5.74, 6) is -0.779. The van der Waals surface area contributed by atoms with Crippen LogP contribution in [0.1, 0.15) is 12.2 Å². The molecule has 1 fully saturated rings. The number of amides is 2. The number of para-hydroxylation sites is 1. The van der Waals surface area contributed by atoms with E-state index in [9.17, 15) is 14.0 Å². The molecular formula is C18H18FN7O3. The molecule has 150 valence electrons. The zero-order valence-corrected chi connectivity index (χ0v) is 15.6. The summed E-state index contributed by atoms with van der Waals surface area (Å²) in [6, 6.07) is 6.03. The number of nitrogens with zero attached hydrogens (tertiary/aromatic N) is 6. The molecule has 1 aliphatic rings. The van der Waals surface area contributed by atoms with Crippen LogP contribution in [0.5, 0.6) is 0 Å². The molecule has 0 aliphatic carbocycles. The van der Waals surface area contributed by atoms with E-state index in [0.717, 1.165) is 0 Å². The number of carbonyl (C=O) groups is 2. The van der Waals surface area contributed by atoms with Gasteiger partial charge in [0.1, 0.15) is 5.82 Å². The summed E-state index contributed by atoms with van der Waals surface area (Å²) in [7, 11) is 0. The first-order chi connectivity index (χ1) is 14.0. The van der Waals surface area contributed by atoms with Crippen molar-refractivity contribution < 1.29 is 18.5 Å². The summed E-state index contributed by atoms with van der Waals surface area (Å²) in [5.41, 5.74) is 0.637. The van der Waals surface area contributed by atoms with Crippen molar-refractivity contribution in [1.82, 2.24) is 30.5 Å². The Morgan fingerprint density at radius 2 is 2.21 bits per heavy atom. The van der Waals surface area contributed by atoms with E-state index in [4.69, 9.17) is 4.52 Å². The Hall–Kier alpha value is -3.63. The Morgan fingerprint density at radius 3 is 2.97 bits per heavy atom. The molecule has 0 unspecified atom stereocenters. The van der Waals surface area contributed by atoms with Gasteiger partial charge in [-0.15, -0.1) is 5.10 Å². The van der Waals surface area contributed by atoms with Gasteiger partial charge in [-0.3, -0.25) is 9.59 Å². The fourth-order valence-electron chi connectivity index (χ4n) is 3.13. The van der Waals surface area contributed by atoms with Crippen molar-refractivity contribution >= 4 is 17.5 Å². The van der Waals surface area contributed by atoms with Crippen molar-refractivity contribution in [3.8, 4) is 11.6 Å². The van der Waals surface area contributed by atoms with Crippen LogP contribution in [0, 0.1) is 18.7 Å². The highest BCUT2D eigenvalue weighted by Crippen LogP contribution is 2.27. The molecule has 1 atom stereocenters. The van der Waals surface area contributed by atoms with E-state index in [2.05, 4.69) is 25.8 Å². The number of aryl methyl sites for hydroxylation is 1. The number of anilines is 1. The van der Waals surface area contributed by atoms with Crippen molar-refractivity contribution in [3.05, 3.63) is 42.1 Å². The highest BCUT2D eigenvalue weighted by Gasteiger charge is 2.35. The number of halogens is 1. The molecule has 11 heteroatoms. The van der Waals surface area contributed by atoms with E-state index < -0.39 is 11.7 Å². The Morgan fingerprint density at radius 1 is 1.38 bits per heavy atom. The van der Waals surface area contributed by atoms with Gasteiger partial charge in [-0.1, -0.05) is 22.5 Å². The molecule has 4 rings (SSSR count). The molecule has 1 N–H and O–H groups in total. The van der Waals surface area contributed by atoms with Crippen LogP contribution in [-0.4, -0.2) is 50.0 Å². The van der Waals surface area contributed by atoms with Gasteiger partial charge in [-0.05, 0) is 19.1 Å². The van der Waals surface area contributed by atoms with E-state index >= 15 is 0 Å². The van der Waals surface area contributed by atoms with Crippen molar-refractivity contribution in [2.24, 2.45) is 5.92 Å². The minimum atomic E-state index is -0.533. The average molecular weight is 399 g/mol. The lowest BCUT2D eigenvalue weighted by molar-refractivity contribution is -0.126. The lowest BCUT2D eigenvalue weighted by atomic mass is 10.1. The second-order valence-corrected chi connectivity index (χ2v) is 6.66. The largest absolute Gasteiger partial charge is 0.354 e. The zero-order chi connectivity index (χ0) is 20.4. The number of benzene rings is 1. The molecule has 0 bridgehead atoms. The second kappa shape index (κ2) is 7.78. The van der Waals surface area contributed by atoms with Gasteiger partial charge in [0, 0.05) is 19.5 Å². The third-order valence-electron chi connectivity index (χ3n) is 4.56. The molecule has 29 heavy (non-hydrogen) atoms. The summed E-state index contributed by atoms with van der Waals surface area (Å²) in [6.07, 6.45) is 1.68. The molecule has 1 aromatic carbocycles. The van der Waals surface area contributed by atoms with Crippen LogP contribution in [0.2, 0.25) is 0 Å². The second-order valence-electron chi connectivity index (χ2n) is 6.66. The topological polar surface area (TPSA) is 119 Å². The van der Waals surface area contributed by atoms with E-state index in [0.29, 0.717) is 24.6 Å². The van der Waals surface area contributed by atoms with Gasteiger partial charge < -0.3 is 14.7 Å². The SMILES string of the molecule is Cc1noc(-c2cn(CCNC(=O)[C@@H]3CC(=O)N(c4ccccc4F)C3)nn2)n1. The maximum Gasteiger partial charge on any atom is 0.280 e. The molecule has 0 radical (unpaired) electrons. The fraction of sp³-hybridized carbons (Fsp3) is 0.333. The summed E-state index contributed by atoms with van der Waals surface area (Å²) in [6.45, 7) is 2.53. The van der Waals surface area contributed by atoms with Crippen LogP contribution in [0.3, 0.4) is 0 Å². The molecule has 2 amide bonds. The van der Waals surface area contributed by atoms with Crippen LogP contribution >= 0.6 is 0 Å². The van der Waals surface area contributed by atoms with Gasteiger partial charge in [-0.25, -0.2) is 9.07 Å². The van der Waals surface area contributed by atoms with Crippen LogP contribution < -0.4 is 10.2 Å². The summed E-state index contributed by atoms with van der Waals surface area (Å²) in [5, 5.41) is 14.4. The maximum absolute atomic E-state index is 13.9. The fourth-order valence-corrected chi connectivity index (χ4v) is 3.13. The molecule has 3 aromatic rings. The third-order valence-corrected chi connectivity index (χ3v) is 4.56. The van der Waals surface area contributed by atoms with Crippen LogP contribution in [0.25, 0.3) is 11.6 Å². The van der Waals surface area contributed by atoms with Crippen LogP contribution in [-0.2, 0) is 16.1 Å². The number of hydrogen-bond acceptors (Lipinski definition) is 7. The Bertz CT molecular complexity index is 1050. The van der Waals surface area contributed by atoms with Crippen LogP contribution in [0.15, 0.2) is 35.0 Å². The third kappa shape index (κ3) is 3.98. The normalized spacial score (nSPS) is 16.4. The number of carbonyl (C=O) groups excluding carboxylic acids is 2. The van der Waals surface area contributed by atoms with Gasteiger partial charge in [0.05, 0.1) is 24.3 Å². The highest BCUT2D eigenvalue weighted by atomic mass is 19.1. The van der Waals surface area contributed by atoms with Crippen molar-refractivity contribution in [2.45, 2.75) is 19.9 Å². The zero-order valence-electron chi connectivity index (χ0n) is 15.6. The minimum absolute atomic E-state index is 0.0458. The summed E-state index contributed by atoms with van der Waals surface area (Å²) < 4.78 is 20.5. The molecule has 1 saturated heterocycles. The van der Waals surface area contributed by atoms with Gasteiger partial charge in [0.25, 0.3) is 5.89 Å². The van der Waals surface area contributed by atoms with Gasteiger partial charge in [0.15, 0.2) is 11.5 Å². The van der Waals surface area contributed by atoms with E-state index in [-0.39, 0.29) is 36.4 Å². The maximum atomic E-state index is 13.9. The smallest absolute Gasteiger partial charge is 0.280 e. The van der Waals surface area contributed by atoms with Crippen LogP contribution in [0.4, 0.5) is 10.1 Å².